The van der Waals surface area contributed by atoms with E-state index >= 15 is 0 Å². The average molecular weight is 494 g/mol. The summed E-state index contributed by atoms with van der Waals surface area (Å²) in [7, 11) is -2.40. The van der Waals surface area contributed by atoms with Crippen molar-refractivity contribution in [3.8, 4) is 16.9 Å². The van der Waals surface area contributed by atoms with Gasteiger partial charge in [0, 0.05) is 31.7 Å². The zero-order valence-electron chi connectivity index (χ0n) is 18.9. The Morgan fingerprint density at radius 2 is 1.89 bits per heavy atom. The Bertz CT molecular complexity index is 1480. The number of methoxy groups -OCH3 is 1. The van der Waals surface area contributed by atoms with Crippen molar-refractivity contribution in [1.29, 1.82) is 0 Å². The smallest absolute Gasteiger partial charge is 0.272 e. The lowest BCUT2D eigenvalue weighted by Gasteiger charge is -2.26. The molecule has 4 aromatic rings. The van der Waals surface area contributed by atoms with E-state index in [4.69, 9.17) is 9.47 Å². The Balaban J connectivity index is 1.50. The summed E-state index contributed by atoms with van der Waals surface area (Å²) in [5.74, 6) is 0.255. The van der Waals surface area contributed by atoms with Gasteiger partial charge < -0.3 is 14.4 Å². The van der Waals surface area contributed by atoms with Crippen molar-refractivity contribution >= 4 is 27.3 Å². The van der Waals surface area contributed by atoms with Crippen LogP contribution in [0.1, 0.15) is 10.5 Å². The Labute approximate surface area is 202 Å². The van der Waals surface area contributed by atoms with Crippen LogP contribution < -0.4 is 9.46 Å². The molecule has 10 nitrogen and oxygen atoms in total. The fourth-order valence-electron chi connectivity index (χ4n) is 3.92. The fraction of sp³-hybridized carbons (Fsp3) is 0.208. The van der Waals surface area contributed by atoms with E-state index in [0.717, 1.165) is 11.1 Å². The molecule has 0 radical (unpaired) electrons. The molecule has 0 aliphatic carbocycles. The Hall–Kier alpha value is -3.96. The highest BCUT2D eigenvalue weighted by Crippen LogP contribution is 2.32. The number of nitrogens with one attached hydrogen (secondary N) is 1. The molecule has 5 rings (SSSR count). The first-order valence-corrected chi connectivity index (χ1v) is 12.4. The third kappa shape index (κ3) is 4.55. The molecule has 3 aromatic heterocycles. The van der Waals surface area contributed by atoms with Crippen LogP contribution >= 0.6 is 0 Å². The lowest BCUT2D eigenvalue weighted by molar-refractivity contribution is 0.0298. The monoisotopic (exact) mass is 493 g/mol. The van der Waals surface area contributed by atoms with Gasteiger partial charge in [0.1, 0.15) is 22.0 Å². The van der Waals surface area contributed by atoms with Gasteiger partial charge in [-0.3, -0.25) is 18.9 Å². The van der Waals surface area contributed by atoms with Gasteiger partial charge in [0.15, 0.2) is 0 Å². The first-order chi connectivity index (χ1) is 17.0. The van der Waals surface area contributed by atoms with Crippen LogP contribution in [0.3, 0.4) is 0 Å². The molecule has 1 aliphatic heterocycles. The maximum atomic E-state index is 13.1. The molecule has 11 heteroatoms. The van der Waals surface area contributed by atoms with Crippen LogP contribution in [0.5, 0.6) is 5.75 Å². The van der Waals surface area contributed by atoms with Crippen molar-refractivity contribution in [2.24, 2.45) is 0 Å². The number of hydrogen-bond acceptors (Lipinski definition) is 7. The fourth-order valence-corrected chi connectivity index (χ4v) is 4.94. The number of rotatable bonds is 6. The number of sulfonamides is 1. The van der Waals surface area contributed by atoms with Gasteiger partial charge in [-0.2, -0.15) is 0 Å². The Morgan fingerprint density at radius 1 is 1.09 bits per heavy atom. The van der Waals surface area contributed by atoms with Gasteiger partial charge in [-0.25, -0.2) is 13.4 Å². The van der Waals surface area contributed by atoms with Crippen LogP contribution in [0.2, 0.25) is 0 Å². The highest BCUT2D eigenvalue weighted by Gasteiger charge is 2.22. The molecule has 1 aromatic carbocycles. The zero-order chi connectivity index (χ0) is 24.4. The normalized spacial score (nSPS) is 14.1. The number of hydrogen-bond donors (Lipinski definition) is 1. The van der Waals surface area contributed by atoms with E-state index in [0.29, 0.717) is 43.4 Å². The van der Waals surface area contributed by atoms with E-state index < -0.39 is 10.0 Å². The zero-order valence-corrected chi connectivity index (χ0v) is 19.7. The minimum absolute atomic E-state index is 0.0403. The second kappa shape index (κ2) is 9.35. The van der Waals surface area contributed by atoms with Crippen LogP contribution in [0.15, 0.2) is 72.1 Å². The number of morpholine rings is 1. The predicted octanol–water partition coefficient (Wildman–Crippen LogP) is 2.68. The predicted molar refractivity (Wildman–Crippen MR) is 129 cm³/mol. The van der Waals surface area contributed by atoms with Gasteiger partial charge in [0.25, 0.3) is 15.9 Å². The van der Waals surface area contributed by atoms with Gasteiger partial charge >= 0.3 is 0 Å². The van der Waals surface area contributed by atoms with Gasteiger partial charge in [-0.05, 0) is 47.5 Å². The maximum Gasteiger partial charge on any atom is 0.272 e. The molecule has 0 unspecified atom stereocenters. The molecule has 35 heavy (non-hydrogen) atoms. The van der Waals surface area contributed by atoms with E-state index in [2.05, 4.69) is 14.7 Å². The van der Waals surface area contributed by atoms with Crippen LogP contribution in [0.25, 0.3) is 16.8 Å². The minimum Gasteiger partial charge on any atom is -0.495 e. The SMILES string of the molecule is COc1ccc(-c2ccc3ncc(C(=O)N4CCOCC4)n3c2)cc1NS(=O)(=O)c1cccnc1. The summed E-state index contributed by atoms with van der Waals surface area (Å²) in [5.41, 5.74) is 2.88. The van der Waals surface area contributed by atoms with Crippen molar-refractivity contribution in [1.82, 2.24) is 19.3 Å². The summed E-state index contributed by atoms with van der Waals surface area (Å²) < 4.78 is 40.8. The van der Waals surface area contributed by atoms with Gasteiger partial charge in [0.2, 0.25) is 0 Å². The molecule has 0 saturated carbocycles. The number of carbonyl (C=O) groups excluding carboxylic acids is 1. The highest BCUT2D eigenvalue weighted by atomic mass is 32.2. The lowest BCUT2D eigenvalue weighted by Crippen LogP contribution is -2.41. The van der Waals surface area contributed by atoms with E-state index in [1.165, 1.54) is 25.6 Å². The molecule has 1 saturated heterocycles. The van der Waals surface area contributed by atoms with Crippen molar-refractivity contribution in [2.45, 2.75) is 4.90 Å². The van der Waals surface area contributed by atoms with Crippen LogP contribution in [-0.4, -0.2) is 67.0 Å². The number of amides is 1. The van der Waals surface area contributed by atoms with E-state index in [1.807, 2.05) is 24.4 Å². The first-order valence-electron chi connectivity index (χ1n) is 10.9. The number of benzene rings is 1. The number of anilines is 1. The average Bonchev–Trinajstić information content (AvgIpc) is 3.32. The number of imidazole rings is 1. The minimum atomic E-state index is -3.87. The molecular weight excluding hydrogens is 470 g/mol. The van der Waals surface area contributed by atoms with Crippen molar-refractivity contribution in [2.75, 3.05) is 38.1 Å². The maximum absolute atomic E-state index is 13.1. The Kier molecular flexibility index (Phi) is 6.10. The summed E-state index contributed by atoms with van der Waals surface area (Å²) >= 11 is 0. The van der Waals surface area contributed by atoms with Crippen LogP contribution in [0.4, 0.5) is 5.69 Å². The van der Waals surface area contributed by atoms with E-state index in [9.17, 15) is 13.2 Å². The quantitative estimate of drug-likeness (QED) is 0.439. The standard InChI is InChI=1S/C24H23N5O5S/c1-33-22-6-4-17(13-20(22)27-35(31,32)19-3-2-8-25-14-19)18-5-7-23-26-15-21(29(23)16-18)24(30)28-9-11-34-12-10-28/h2-8,13-16,27H,9-12H2,1H3. The van der Waals surface area contributed by atoms with Crippen molar-refractivity contribution < 1.29 is 22.7 Å². The number of aromatic nitrogens is 3. The molecule has 1 fully saturated rings. The van der Waals surface area contributed by atoms with Crippen LogP contribution in [0, 0.1) is 0 Å². The van der Waals surface area contributed by atoms with Gasteiger partial charge in [-0.15, -0.1) is 0 Å². The number of carbonyl (C=O) groups is 1. The second-order valence-corrected chi connectivity index (χ2v) is 9.59. The molecule has 1 aliphatic rings. The van der Waals surface area contributed by atoms with Gasteiger partial charge in [0.05, 0.1) is 32.2 Å². The number of pyridine rings is 2. The van der Waals surface area contributed by atoms with Crippen molar-refractivity contribution in [3.05, 3.63) is 72.9 Å². The second-order valence-electron chi connectivity index (χ2n) is 7.90. The third-order valence-electron chi connectivity index (χ3n) is 5.74. The molecular formula is C24H23N5O5S. The lowest BCUT2D eigenvalue weighted by atomic mass is 10.1. The first kappa shape index (κ1) is 22.8. The van der Waals surface area contributed by atoms with Gasteiger partial charge in [-0.1, -0.05) is 6.07 Å². The summed E-state index contributed by atoms with van der Waals surface area (Å²) in [5, 5.41) is 0. The highest BCUT2D eigenvalue weighted by molar-refractivity contribution is 7.92. The molecule has 0 atom stereocenters. The third-order valence-corrected chi connectivity index (χ3v) is 7.10. The number of fused-ring (bicyclic) bond motifs is 1. The largest absolute Gasteiger partial charge is 0.495 e. The molecule has 4 heterocycles. The molecule has 0 spiro atoms. The van der Waals surface area contributed by atoms with Crippen LogP contribution in [-0.2, 0) is 14.8 Å². The Morgan fingerprint density at radius 3 is 2.63 bits per heavy atom. The molecule has 1 amide bonds. The topological polar surface area (TPSA) is 115 Å². The summed E-state index contributed by atoms with van der Waals surface area (Å²) in [4.78, 5) is 23.1. The summed E-state index contributed by atoms with van der Waals surface area (Å²) in [6.07, 6.45) is 6.17. The van der Waals surface area contributed by atoms with E-state index in [-0.39, 0.29) is 16.5 Å². The molecule has 0 bridgehead atoms. The summed E-state index contributed by atoms with van der Waals surface area (Å²) in [6.45, 7) is 2.09. The number of ether oxygens (including phenoxy) is 2. The molecule has 1 N–H and O–H groups in total. The van der Waals surface area contributed by atoms with E-state index in [1.54, 1.807) is 33.7 Å². The molecule has 180 valence electrons. The number of nitrogens with zero attached hydrogens (tertiary/aromatic N) is 4. The van der Waals surface area contributed by atoms with Crippen molar-refractivity contribution in [3.63, 3.8) is 0 Å². The summed E-state index contributed by atoms with van der Waals surface area (Å²) in [6, 6.07) is 11.9.